The Morgan fingerprint density at radius 3 is 2.53 bits per heavy atom. The minimum Gasteiger partial charge on any atom is -0.354 e. The predicted molar refractivity (Wildman–Crippen MR) is 78.0 cm³/mol. The van der Waals surface area contributed by atoms with Gasteiger partial charge >= 0.3 is 0 Å². The van der Waals surface area contributed by atoms with E-state index >= 15 is 0 Å². The third kappa shape index (κ3) is 4.82. The molecule has 3 nitrogen and oxygen atoms in total. The molecule has 0 fully saturated rings. The molecular weight excluding hydrogens is 302 g/mol. The molecular formula is C12H19BrClN3. The van der Waals surface area contributed by atoms with Gasteiger partial charge in [-0.3, -0.25) is 0 Å². The number of nitrogens with zero attached hydrogens (tertiary/aromatic N) is 3. The van der Waals surface area contributed by atoms with Crippen LogP contribution in [0.15, 0.2) is 16.7 Å². The van der Waals surface area contributed by atoms with Gasteiger partial charge in [-0.15, -0.1) is 0 Å². The minimum atomic E-state index is 0.657. The van der Waals surface area contributed by atoms with Gasteiger partial charge in [0, 0.05) is 25.8 Å². The Morgan fingerprint density at radius 2 is 2.00 bits per heavy atom. The third-order valence-electron chi connectivity index (χ3n) is 2.40. The number of hydrogen-bond donors (Lipinski definition) is 0. The van der Waals surface area contributed by atoms with Gasteiger partial charge in [-0.2, -0.15) is 0 Å². The van der Waals surface area contributed by atoms with Crippen LogP contribution < -0.4 is 4.90 Å². The molecule has 0 saturated carbocycles. The minimum absolute atomic E-state index is 0.657. The van der Waals surface area contributed by atoms with Crippen LogP contribution in [0.5, 0.6) is 0 Å². The molecule has 1 aromatic rings. The van der Waals surface area contributed by atoms with E-state index in [1.165, 1.54) is 0 Å². The molecule has 5 heteroatoms. The van der Waals surface area contributed by atoms with Crippen molar-refractivity contribution in [3.63, 3.8) is 0 Å². The number of anilines is 1. The van der Waals surface area contributed by atoms with Crippen molar-refractivity contribution in [2.45, 2.75) is 13.3 Å². The molecule has 1 aromatic heterocycles. The molecule has 0 spiro atoms. The molecule has 0 radical (unpaired) electrons. The lowest BCUT2D eigenvalue weighted by atomic mass is 10.3. The molecule has 0 bridgehead atoms. The van der Waals surface area contributed by atoms with Crippen LogP contribution in [0.25, 0.3) is 0 Å². The lowest BCUT2D eigenvalue weighted by molar-refractivity contribution is 0.412. The molecule has 0 saturated heterocycles. The van der Waals surface area contributed by atoms with Crippen LogP contribution >= 0.6 is 27.5 Å². The molecule has 0 N–H and O–H groups in total. The van der Waals surface area contributed by atoms with Crippen molar-refractivity contribution in [2.24, 2.45) is 0 Å². The maximum absolute atomic E-state index is 5.91. The number of rotatable bonds is 6. The van der Waals surface area contributed by atoms with Crippen LogP contribution in [0.3, 0.4) is 0 Å². The van der Waals surface area contributed by atoms with E-state index in [0.717, 1.165) is 36.3 Å². The summed E-state index contributed by atoms with van der Waals surface area (Å²) in [6, 6.07) is 1.89. The SMILES string of the molecule is CCCN(CCN(C)C)c1ncc(Cl)cc1Br. The summed E-state index contributed by atoms with van der Waals surface area (Å²) in [5.41, 5.74) is 0. The van der Waals surface area contributed by atoms with E-state index in [0.29, 0.717) is 5.02 Å². The topological polar surface area (TPSA) is 19.4 Å². The van der Waals surface area contributed by atoms with Crippen molar-refractivity contribution >= 4 is 33.3 Å². The Labute approximate surface area is 117 Å². The number of hydrogen-bond acceptors (Lipinski definition) is 3. The Balaban J connectivity index is 2.81. The van der Waals surface area contributed by atoms with E-state index in [4.69, 9.17) is 11.6 Å². The van der Waals surface area contributed by atoms with Crippen LogP contribution in [0.2, 0.25) is 5.02 Å². The van der Waals surface area contributed by atoms with Crippen molar-refractivity contribution in [3.8, 4) is 0 Å². The standard InChI is InChI=1S/C12H19BrClN3/c1-4-5-17(7-6-16(2)3)12-11(13)8-10(14)9-15-12/h8-9H,4-7H2,1-3H3. The second kappa shape index (κ2) is 7.19. The third-order valence-corrected chi connectivity index (χ3v) is 3.19. The number of aromatic nitrogens is 1. The van der Waals surface area contributed by atoms with E-state index in [1.54, 1.807) is 6.20 Å². The summed E-state index contributed by atoms with van der Waals surface area (Å²) in [7, 11) is 4.16. The van der Waals surface area contributed by atoms with E-state index in [9.17, 15) is 0 Å². The first kappa shape index (κ1) is 14.7. The van der Waals surface area contributed by atoms with Crippen molar-refractivity contribution in [2.75, 3.05) is 38.6 Å². The van der Waals surface area contributed by atoms with Crippen molar-refractivity contribution < 1.29 is 0 Å². The smallest absolute Gasteiger partial charge is 0.143 e. The van der Waals surface area contributed by atoms with Crippen LogP contribution in [0.4, 0.5) is 5.82 Å². The van der Waals surface area contributed by atoms with Gasteiger partial charge in [0.25, 0.3) is 0 Å². The molecule has 0 atom stereocenters. The molecule has 1 heterocycles. The summed E-state index contributed by atoms with van der Waals surface area (Å²) < 4.78 is 0.956. The highest BCUT2D eigenvalue weighted by molar-refractivity contribution is 9.10. The molecule has 17 heavy (non-hydrogen) atoms. The van der Waals surface area contributed by atoms with E-state index < -0.39 is 0 Å². The summed E-state index contributed by atoms with van der Waals surface area (Å²) in [6.07, 6.45) is 2.80. The monoisotopic (exact) mass is 319 g/mol. The van der Waals surface area contributed by atoms with E-state index in [2.05, 4.69) is 51.7 Å². The van der Waals surface area contributed by atoms with Gasteiger partial charge in [-0.1, -0.05) is 18.5 Å². The second-order valence-corrected chi connectivity index (χ2v) is 5.54. The van der Waals surface area contributed by atoms with E-state index in [-0.39, 0.29) is 0 Å². The quantitative estimate of drug-likeness (QED) is 0.802. The zero-order valence-corrected chi connectivity index (χ0v) is 12.9. The molecule has 0 unspecified atom stereocenters. The summed E-state index contributed by atoms with van der Waals surface area (Å²) in [6.45, 7) is 5.15. The van der Waals surface area contributed by atoms with Gasteiger partial charge in [0.2, 0.25) is 0 Å². The van der Waals surface area contributed by atoms with Crippen LogP contribution in [0, 0.1) is 0 Å². The maximum atomic E-state index is 5.91. The Hall–Kier alpha value is -0.320. The number of pyridine rings is 1. The van der Waals surface area contributed by atoms with Gasteiger partial charge in [0.15, 0.2) is 0 Å². The lowest BCUT2D eigenvalue weighted by Gasteiger charge is -2.25. The largest absolute Gasteiger partial charge is 0.354 e. The Morgan fingerprint density at radius 1 is 1.29 bits per heavy atom. The molecule has 0 aromatic carbocycles. The predicted octanol–water partition coefficient (Wildman–Crippen LogP) is 3.28. The maximum Gasteiger partial charge on any atom is 0.143 e. The first-order valence-electron chi connectivity index (χ1n) is 5.75. The fourth-order valence-electron chi connectivity index (χ4n) is 1.55. The van der Waals surface area contributed by atoms with Crippen LogP contribution in [-0.2, 0) is 0 Å². The van der Waals surface area contributed by atoms with Gasteiger partial charge in [-0.25, -0.2) is 4.98 Å². The molecule has 0 aliphatic rings. The lowest BCUT2D eigenvalue weighted by Crippen LogP contribution is -2.33. The summed E-state index contributed by atoms with van der Waals surface area (Å²) >= 11 is 9.43. The van der Waals surface area contributed by atoms with E-state index in [1.807, 2.05) is 6.07 Å². The highest BCUT2D eigenvalue weighted by Gasteiger charge is 2.11. The zero-order valence-electron chi connectivity index (χ0n) is 10.6. The van der Waals surface area contributed by atoms with Crippen molar-refractivity contribution in [3.05, 3.63) is 21.8 Å². The first-order valence-corrected chi connectivity index (χ1v) is 6.92. The van der Waals surface area contributed by atoms with Crippen molar-refractivity contribution in [1.29, 1.82) is 0 Å². The summed E-state index contributed by atoms with van der Waals surface area (Å²) in [4.78, 5) is 8.85. The van der Waals surface area contributed by atoms with Gasteiger partial charge in [0.1, 0.15) is 5.82 Å². The van der Waals surface area contributed by atoms with Gasteiger partial charge in [-0.05, 0) is 42.5 Å². The average Bonchev–Trinajstić information content (AvgIpc) is 2.24. The summed E-state index contributed by atoms with van der Waals surface area (Å²) in [5.74, 6) is 0.970. The first-order chi connectivity index (χ1) is 8.04. The fourth-order valence-corrected chi connectivity index (χ4v) is 2.44. The second-order valence-electron chi connectivity index (χ2n) is 4.25. The fraction of sp³-hybridized carbons (Fsp3) is 0.583. The number of halogens is 2. The average molecular weight is 321 g/mol. The van der Waals surface area contributed by atoms with Crippen molar-refractivity contribution in [1.82, 2.24) is 9.88 Å². The molecule has 0 aliphatic heterocycles. The molecule has 96 valence electrons. The molecule has 0 aliphatic carbocycles. The van der Waals surface area contributed by atoms with Gasteiger partial charge in [0.05, 0.1) is 9.50 Å². The highest BCUT2D eigenvalue weighted by atomic mass is 79.9. The van der Waals surface area contributed by atoms with Crippen LogP contribution in [-0.4, -0.2) is 43.6 Å². The Bertz CT molecular complexity index is 358. The van der Waals surface area contributed by atoms with Gasteiger partial charge < -0.3 is 9.80 Å². The summed E-state index contributed by atoms with van der Waals surface area (Å²) in [5, 5.41) is 0.657. The van der Waals surface area contributed by atoms with Crippen LogP contribution in [0.1, 0.15) is 13.3 Å². The Kier molecular flexibility index (Phi) is 6.23. The zero-order chi connectivity index (χ0) is 12.8. The molecule has 1 rings (SSSR count). The number of likely N-dealkylation sites (N-methyl/N-ethyl adjacent to an activating group) is 1. The normalized spacial score (nSPS) is 10.9. The highest BCUT2D eigenvalue weighted by Crippen LogP contribution is 2.26. The molecule has 0 amide bonds.